The molecule has 0 radical (unpaired) electrons. The number of benzene rings is 2. The van der Waals surface area contributed by atoms with Gasteiger partial charge in [-0.2, -0.15) is 13.2 Å². The van der Waals surface area contributed by atoms with Gasteiger partial charge in [0.15, 0.2) is 5.76 Å². The molecule has 35 heavy (non-hydrogen) atoms. The van der Waals surface area contributed by atoms with Crippen LogP contribution < -0.4 is 10.2 Å². The summed E-state index contributed by atoms with van der Waals surface area (Å²) in [7, 11) is 0. The van der Waals surface area contributed by atoms with E-state index in [0.717, 1.165) is 17.7 Å². The van der Waals surface area contributed by atoms with Gasteiger partial charge in [-0.3, -0.25) is 9.59 Å². The number of carbonyl (C=O) groups excluding carboxylic acids is 2. The first-order valence-corrected chi connectivity index (χ1v) is 11.4. The molecule has 9 heteroatoms. The van der Waals surface area contributed by atoms with Crippen molar-refractivity contribution >= 4 is 17.5 Å². The number of piperazine rings is 1. The molecule has 0 bridgehead atoms. The number of anilines is 1. The SMILES string of the molecule is O=C(NCc1ccccc1)[C@@H]1Cc2cc(C(F)(F)F)ccc2N2CCN(C(=O)c3ccco3)C[C@H]12. The number of hydrogen-bond acceptors (Lipinski definition) is 4. The predicted octanol–water partition coefficient (Wildman–Crippen LogP) is 4.12. The highest BCUT2D eigenvalue weighted by Gasteiger charge is 2.43. The number of nitrogens with one attached hydrogen (secondary N) is 1. The Morgan fingerprint density at radius 2 is 1.83 bits per heavy atom. The zero-order valence-corrected chi connectivity index (χ0v) is 18.8. The molecule has 2 aliphatic rings. The first kappa shape index (κ1) is 23.0. The van der Waals surface area contributed by atoms with Gasteiger partial charge in [-0.05, 0) is 47.9 Å². The van der Waals surface area contributed by atoms with Crippen LogP contribution in [0.5, 0.6) is 0 Å². The Hall–Kier alpha value is -3.75. The number of halogens is 3. The molecule has 1 fully saturated rings. The van der Waals surface area contributed by atoms with E-state index < -0.39 is 17.7 Å². The molecule has 1 aromatic heterocycles. The van der Waals surface area contributed by atoms with Crippen LogP contribution in [0.2, 0.25) is 0 Å². The van der Waals surface area contributed by atoms with Crippen molar-refractivity contribution in [3.05, 3.63) is 89.4 Å². The van der Waals surface area contributed by atoms with Gasteiger partial charge >= 0.3 is 6.18 Å². The van der Waals surface area contributed by atoms with Gasteiger partial charge in [0.1, 0.15) is 0 Å². The highest BCUT2D eigenvalue weighted by molar-refractivity contribution is 5.92. The maximum Gasteiger partial charge on any atom is 0.416 e. The van der Waals surface area contributed by atoms with Crippen LogP contribution in [-0.4, -0.2) is 42.4 Å². The number of nitrogens with zero attached hydrogens (tertiary/aromatic N) is 2. The van der Waals surface area contributed by atoms with Gasteiger partial charge in [-0.1, -0.05) is 30.3 Å². The van der Waals surface area contributed by atoms with Crippen LogP contribution in [0.3, 0.4) is 0 Å². The van der Waals surface area contributed by atoms with E-state index in [-0.39, 0.29) is 36.6 Å². The van der Waals surface area contributed by atoms with Crippen LogP contribution in [0, 0.1) is 5.92 Å². The molecule has 0 saturated carbocycles. The molecule has 1 N–H and O–H groups in total. The topological polar surface area (TPSA) is 65.8 Å². The maximum absolute atomic E-state index is 13.4. The van der Waals surface area contributed by atoms with E-state index in [9.17, 15) is 22.8 Å². The Morgan fingerprint density at radius 3 is 2.54 bits per heavy atom. The number of hydrogen-bond donors (Lipinski definition) is 1. The Bertz CT molecular complexity index is 1210. The zero-order chi connectivity index (χ0) is 24.6. The number of carbonyl (C=O) groups is 2. The lowest BCUT2D eigenvalue weighted by Crippen LogP contribution is -2.62. The summed E-state index contributed by atoms with van der Waals surface area (Å²) in [5.41, 5.74) is 1.36. The third-order valence-corrected chi connectivity index (χ3v) is 6.70. The van der Waals surface area contributed by atoms with Gasteiger partial charge in [0.05, 0.1) is 23.8 Å². The monoisotopic (exact) mass is 483 g/mol. The number of rotatable bonds is 4. The molecule has 2 atom stereocenters. The van der Waals surface area contributed by atoms with Gasteiger partial charge in [-0.15, -0.1) is 0 Å². The summed E-state index contributed by atoms with van der Waals surface area (Å²) >= 11 is 0. The summed E-state index contributed by atoms with van der Waals surface area (Å²) in [4.78, 5) is 29.9. The van der Waals surface area contributed by atoms with Crippen LogP contribution in [0.25, 0.3) is 0 Å². The normalized spacial score (nSPS) is 19.6. The number of furan rings is 1. The fourth-order valence-electron chi connectivity index (χ4n) is 4.96. The largest absolute Gasteiger partial charge is 0.459 e. The molecule has 3 heterocycles. The van der Waals surface area contributed by atoms with Crippen molar-refractivity contribution in [2.45, 2.75) is 25.2 Å². The Labute approximate surface area is 200 Å². The van der Waals surface area contributed by atoms with E-state index in [2.05, 4.69) is 5.32 Å². The van der Waals surface area contributed by atoms with Crippen molar-refractivity contribution in [1.29, 1.82) is 0 Å². The average Bonchev–Trinajstić information content (AvgIpc) is 3.41. The van der Waals surface area contributed by atoms with E-state index >= 15 is 0 Å². The van der Waals surface area contributed by atoms with Gasteiger partial charge < -0.3 is 19.5 Å². The summed E-state index contributed by atoms with van der Waals surface area (Å²) in [5.74, 6) is -0.924. The highest BCUT2D eigenvalue weighted by Crippen LogP contribution is 2.40. The lowest BCUT2D eigenvalue weighted by molar-refractivity contribution is -0.137. The number of amides is 2. The molecule has 1 saturated heterocycles. The van der Waals surface area contributed by atoms with E-state index in [4.69, 9.17) is 4.42 Å². The van der Waals surface area contributed by atoms with Crippen molar-refractivity contribution in [2.75, 3.05) is 24.5 Å². The fraction of sp³-hybridized carbons (Fsp3) is 0.308. The van der Waals surface area contributed by atoms with Crippen LogP contribution in [0.15, 0.2) is 71.3 Å². The summed E-state index contributed by atoms with van der Waals surface area (Å²) in [6, 6.07) is 16.0. The van der Waals surface area contributed by atoms with Crippen molar-refractivity contribution in [3.63, 3.8) is 0 Å². The Kier molecular flexibility index (Phi) is 6.00. The molecule has 0 unspecified atom stereocenters. The maximum atomic E-state index is 13.4. The summed E-state index contributed by atoms with van der Waals surface area (Å²) in [5, 5.41) is 2.94. The smallest absolute Gasteiger partial charge is 0.416 e. The fourth-order valence-corrected chi connectivity index (χ4v) is 4.96. The Morgan fingerprint density at radius 1 is 1.03 bits per heavy atom. The molecule has 2 amide bonds. The average molecular weight is 483 g/mol. The molecule has 5 rings (SSSR count). The molecule has 0 aliphatic carbocycles. The molecule has 3 aromatic rings. The second kappa shape index (κ2) is 9.13. The highest BCUT2D eigenvalue weighted by atomic mass is 19.4. The van der Waals surface area contributed by atoms with Gasteiger partial charge in [0.25, 0.3) is 5.91 Å². The van der Waals surface area contributed by atoms with Crippen LogP contribution in [0.4, 0.5) is 18.9 Å². The third-order valence-electron chi connectivity index (χ3n) is 6.70. The summed E-state index contributed by atoms with van der Waals surface area (Å²) in [6.07, 6.45) is -2.88. The molecular weight excluding hydrogens is 459 g/mol. The zero-order valence-electron chi connectivity index (χ0n) is 18.8. The molecular formula is C26H24F3N3O3. The lowest BCUT2D eigenvalue weighted by atomic mass is 9.82. The minimum absolute atomic E-state index is 0.157. The van der Waals surface area contributed by atoms with E-state index in [1.807, 2.05) is 35.2 Å². The molecule has 2 aliphatic heterocycles. The number of fused-ring (bicyclic) bond motifs is 3. The summed E-state index contributed by atoms with van der Waals surface area (Å²) in [6.45, 7) is 1.35. The van der Waals surface area contributed by atoms with Crippen molar-refractivity contribution < 1.29 is 27.2 Å². The van der Waals surface area contributed by atoms with Crippen LogP contribution in [0.1, 0.15) is 27.2 Å². The molecule has 0 spiro atoms. The minimum atomic E-state index is -4.47. The van der Waals surface area contributed by atoms with Crippen LogP contribution in [-0.2, 0) is 23.9 Å². The van der Waals surface area contributed by atoms with E-state index in [0.29, 0.717) is 30.9 Å². The van der Waals surface area contributed by atoms with Crippen LogP contribution >= 0.6 is 0 Å². The quantitative estimate of drug-likeness (QED) is 0.607. The van der Waals surface area contributed by atoms with Gasteiger partial charge in [0.2, 0.25) is 5.91 Å². The first-order valence-electron chi connectivity index (χ1n) is 11.4. The third kappa shape index (κ3) is 4.62. The van der Waals surface area contributed by atoms with Crippen molar-refractivity contribution in [3.8, 4) is 0 Å². The van der Waals surface area contributed by atoms with Gasteiger partial charge in [0, 0.05) is 31.9 Å². The standard InChI is InChI=1S/C26H24F3N3O3/c27-26(28,29)19-8-9-21-18(13-19)14-20(24(33)30-15-17-5-2-1-3-6-17)22-16-31(10-11-32(21)22)25(34)23-7-4-12-35-23/h1-9,12-13,20,22H,10-11,14-16H2,(H,30,33)/t20-,22-/m1/s1. The molecule has 182 valence electrons. The summed E-state index contributed by atoms with van der Waals surface area (Å²) < 4.78 is 45.4. The van der Waals surface area contributed by atoms with Crippen molar-refractivity contribution in [1.82, 2.24) is 10.2 Å². The van der Waals surface area contributed by atoms with E-state index in [1.54, 1.807) is 17.0 Å². The minimum Gasteiger partial charge on any atom is -0.459 e. The van der Waals surface area contributed by atoms with E-state index in [1.165, 1.54) is 12.3 Å². The molecule has 2 aromatic carbocycles. The Balaban J connectivity index is 1.43. The number of alkyl halides is 3. The van der Waals surface area contributed by atoms with Gasteiger partial charge in [-0.25, -0.2) is 0 Å². The second-order valence-electron chi connectivity index (χ2n) is 8.84. The predicted molar refractivity (Wildman–Crippen MR) is 123 cm³/mol. The lowest BCUT2D eigenvalue weighted by Gasteiger charge is -2.49. The first-order chi connectivity index (χ1) is 16.8. The van der Waals surface area contributed by atoms with Crippen molar-refractivity contribution in [2.24, 2.45) is 5.92 Å². The second-order valence-corrected chi connectivity index (χ2v) is 8.84. The molecule has 6 nitrogen and oxygen atoms in total.